The van der Waals surface area contributed by atoms with Crippen LogP contribution in [0.1, 0.15) is 44.7 Å². The number of halogens is 1. The molecule has 3 amide bonds. The lowest BCUT2D eigenvalue weighted by Crippen LogP contribution is -2.56. The molecule has 0 saturated heterocycles. The second-order valence-corrected chi connectivity index (χ2v) is 12.1. The Hall–Kier alpha value is -4.21. The number of hydrogen-bond acceptors (Lipinski definition) is 6. The molecule has 3 aromatic carbocycles. The first-order valence-electron chi connectivity index (χ1n) is 15.3. The molecule has 0 aromatic heterocycles. The summed E-state index contributed by atoms with van der Waals surface area (Å²) in [4.78, 5) is 55.2. The third kappa shape index (κ3) is 11.9. The Balaban J connectivity index is 0.00000736. The normalized spacial score (nSPS) is 12.6. The summed E-state index contributed by atoms with van der Waals surface area (Å²) in [7, 11) is 3.21. The number of amides is 3. The molecule has 0 aliphatic carbocycles. The standard InChI is InChI=1S/C36H46N4O5.ClH/c1-26(41)45-22-12-21-38-34(43)31(24-27-13-7-6-8-14-27)40(5)35(44)32(39(4)33(42)17-11-20-36(2,3)37)25-28-18-19-29-15-9-10-16-30(29)23-28;/h6-11,13-19,23,31-32H,12,20-22,24-25,37H2,1-5H3,(H,38,43);1H/b17-11+;/t31-,32-;/m1./s1. The summed E-state index contributed by atoms with van der Waals surface area (Å²) in [6, 6.07) is 21.7. The third-order valence-electron chi connectivity index (χ3n) is 7.56. The van der Waals surface area contributed by atoms with Gasteiger partial charge in [-0.3, -0.25) is 19.2 Å². The SMILES string of the molecule is CC(=O)OCCCNC(=O)[C@@H](Cc1ccccc1)N(C)C(=O)[C@@H](Cc1ccc2ccccc2c1)N(C)C(=O)/C=C/CC(C)(C)N.Cl. The Morgan fingerprint density at radius 1 is 0.870 bits per heavy atom. The van der Waals surface area contributed by atoms with Crippen molar-refractivity contribution >= 4 is 46.9 Å². The van der Waals surface area contributed by atoms with Crippen LogP contribution < -0.4 is 11.1 Å². The van der Waals surface area contributed by atoms with Gasteiger partial charge < -0.3 is 25.6 Å². The molecule has 0 heterocycles. The summed E-state index contributed by atoms with van der Waals surface area (Å²) in [6.45, 7) is 5.55. The van der Waals surface area contributed by atoms with E-state index in [2.05, 4.69) is 5.32 Å². The largest absolute Gasteiger partial charge is 0.466 e. The van der Waals surface area contributed by atoms with Crippen molar-refractivity contribution in [1.82, 2.24) is 15.1 Å². The number of likely N-dealkylation sites (N-methyl/N-ethyl adjacent to an activating group) is 2. The van der Waals surface area contributed by atoms with Crippen LogP contribution in [0.4, 0.5) is 0 Å². The zero-order valence-electron chi connectivity index (χ0n) is 27.4. The Labute approximate surface area is 278 Å². The molecule has 3 rings (SSSR count). The van der Waals surface area contributed by atoms with E-state index in [1.807, 2.05) is 86.6 Å². The monoisotopic (exact) mass is 650 g/mol. The second-order valence-electron chi connectivity index (χ2n) is 12.1. The van der Waals surface area contributed by atoms with Crippen LogP contribution in [0, 0.1) is 0 Å². The summed E-state index contributed by atoms with van der Waals surface area (Å²) in [5, 5.41) is 4.99. The highest BCUT2D eigenvalue weighted by atomic mass is 35.5. The Kier molecular flexibility index (Phi) is 14.9. The summed E-state index contributed by atoms with van der Waals surface area (Å²) in [6.07, 6.45) is 4.65. The Bertz CT molecular complexity index is 1490. The minimum absolute atomic E-state index is 0. The van der Waals surface area contributed by atoms with Crippen LogP contribution in [0.25, 0.3) is 10.8 Å². The van der Waals surface area contributed by atoms with E-state index >= 15 is 0 Å². The number of hydrogen-bond donors (Lipinski definition) is 2. The van der Waals surface area contributed by atoms with Crippen LogP contribution in [-0.4, -0.2) is 78.4 Å². The van der Waals surface area contributed by atoms with E-state index in [0.29, 0.717) is 12.8 Å². The van der Waals surface area contributed by atoms with Crippen LogP contribution in [0.15, 0.2) is 84.9 Å². The van der Waals surface area contributed by atoms with Crippen molar-refractivity contribution in [3.8, 4) is 0 Å². The molecule has 2 atom stereocenters. The molecule has 9 nitrogen and oxygen atoms in total. The molecular formula is C36H47ClN4O5. The van der Waals surface area contributed by atoms with Gasteiger partial charge in [-0.1, -0.05) is 78.9 Å². The van der Waals surface area contributed by atoms with Crippen LogP contribution in [-0.2, 0) is 36.8 Å². The molecule has 10 heteroatoms. The summed E-state index contributed by atoms with van der Waals surface area (Å²) >= 11 is 0. The van der Waals surface area contributed by atoms with E-state index in [1.165, 1.54) is 22.8 Å². The van der Waals surface area contributed by atoms with E-state index in [0.717, 1.165) is 21.9 Å². The van der Waals surface area contributed by atoms with Crippen LogP contribution in [0.2, 0.25) is 0 Å². The number of esters is 1. The minimum atomic E-state index is -0.880. The van der Waals surface area contributed by atoms with Gasteiger partial charge in [-0.05, 0) is 54.7 Å². The van der Waals surface area contributed by atoms with Gasteiger partial charge in [0.05, 0.1) is 6.61 Å². The van der Waals surface area contributed by atoms with Crippen molar-refractivity contribution in [2.75, 3.05) is 27.2 Å². The molecule has 0 fully saturated rings. The number of nitrogens with zero attached hydrogens (tertiary/aromatic N) is 2. The fourth-order valence-corrected chi connectivity index (χ4v) is 4.96. The summed E-state index contributed by atoms with van der Waals surface area (Å²) < 4.78 is 4.97. The van der Waals surface area contributed by atoms with Gasteiger partial charge in [0.1, 0.15) is 12.1 Å². The van der Waals surface area contributed by atoms with Gasteiger partial charge in [0.25, 0.3) is 0 Å². The van der Waals surface area contributed by atoms with Gasteiger partial charge in [-0.15, -0.1) is 12.4 Å². The molecule has 0 radical (unpaired) electrons. The quantitative estimate of drug-likeness (QED) is 0.142. The van der Waals surface area contributed by atoms with Crippen molar-refractivity contribution in [3.63, 3.8) is 0 Å². The van der Waals surface area contributed by atoms with Crippen LogP contribution in [0.3, 0.4) is 0 Å². The van der Waals surface area contributed by atoms with E-state index in [9.17, 15) is 19.2 Å². The molecule has 0 bridgehead atoms. The second kappa shape index (κ2) is 18.1. The number of fused-ring (bicyclic) bond motifs is 1. The maximum absolute atomic E-state index is 14.3. The van der Waals surface area contributed by atoms with E-state index in [4.69, 9.17) is 10.5 Å². The highest BCUT2D eigenvalue weighted by Gasteiger charge is 2.34. The lowest BCUT2D eigenvalue weighted by molar-refractivity contribution is -0.146. The van der Waals surface area contributed by atoms with Gasteiger partial charge in [-0.25, -0.2) is 0 Å². The van der Waals surface area contributed by atoms with Crippen molar-refractivity contribution < 1.29 is 23.9 Å². The number of benzene rings is 3. The van der Waals surface area contributed by atoms with Gasteiger partial charge >= 0.3 is 5.97 Å². The lowest BCUT2D eigenvalue weighted by Gasteiger charge is -2.34. The van der Waals surface area contributed by atoms with E-state index in [1.54, 1.807) is 20.2 Å². The van der Waals surface area contributed by atoms with E-state index < -0.39 is 17.6 Å². The number of carbonyl (C=O) groups excluding carboxylic acids is 4. The van der Waals surface area contributed by atoms with Gasteiger partial charge in [-0.2, -0.15) is 0 Å². The lowest BCUT2D eigenvalue weighted by atomic mass is 9.98. The Morgan fingerprint density at radius 3 is 2.15 bits per heavy atom. The Morgan fingerprint density at radius 2 is 1.50 bits per heavy atom. The van der Waals surface area contributed by atoms with Crippen molar-refractivity contribution in [3.05, 3.63) is 96.1 Å². The number of nitrogens with two attached hydrogens (primary N) is 1. The highest BCUT2D eigenvalue weighted by molar-refractivity contribution is 5.95. The first kappa shape index (κ1) is 38.0. The summed E-state index contributed by atoms with van der Waals surface area (Å²) in [5.41, 5.74) is 7.39. The van der Waals surface area contributed by atoms with Crippen molar-refractivity contribution in [2.45, 2.75) is 64.1 Å². The fraction of sp³-hybridized carbons (Fsp3) is 0.389. The number of nitrogens with one attached hydrogen (secondary N) is 1. The molecule has 0 spiro atoms. The van der Waals surface area contributed by atoms with Crippen molar-refractivity contribution in [2.24, 2.45) is 5.73 Å². The summed E-state index contributed by atoms with van der Waals surface area (Å²) in [5.74, 6) is -1.41. The minimum Gasteiger partial charge on any atom is -0.466 e. The van der Waals surface area contributed by atoms with Gasteiger partial charge in [0.15, 0.2) is 0 Å². The number of carbonyl (C=O) groups is 4. The van der Waals surface area contributed by atoms with Crippen LogP contribution >= 0.6 is 12.4 Å². The third-order valence-corrected chi connectivity index (χ3v) is 7.56. The average Bonchev–Trinajstić information content (AvgIpc) is 3.00. The molecular weight excluding hydrogens is 604 g/mol. The maximum atomic E-state index is 14.3. The molecule has 46 heavy (non-hydrogen) atoms. The average molecular weight is 651 g/mol. The maximum Gasteiger partial charge on any atom is 0.302 e. The molecule has 0 unspecified atom stereocenters. The molecule has 248 valence electrons. The molecule has 3 N–H and O–H groups in total. The predicted octanol–water partition coefficient (Wildman–Crippen LogP) is 4.45. The first-order chi connectivity index (χ1) is 21.4. The fourth-order valence-electron chi connectivity index (χ4n) is 4.96. The zero-order valence-corrected chi connectivity index (χ0v) is 28.2. The molecule has 0 aliphatic heterocycles. The zero-order chi connectivity index (χ0) is 33.0. The van der Waals surface area contributed by atoms with Crippen LogP contribution in [0.5, 0.6) is 0 Å². The molecule has 0 saturated carbocycles. The van der Waals surface area contributed by atoms with E-state index in [-0.39, 0.29) is 62.1 Å². The number of rotatable bonds is 15. The topological polar surface area (TPSA) is 122 Å². The smallest absolute Gasteiger partial charge is 0.302 e. The first-order valence-corrected chi connectivity index (χ1v) is 15.3. The van der Waals surface area contributed by atoms with Gasteiger partial charge in [0.2, 0.25) is 17.7 Å². The molecule has 0 aliphatic rings. The molecule has 3 aromatic rings. The number of ether oxygens (including phenoxy) is 1. The van der Waals surface area contributed by atoms with Crippen molar-refractivity contribution in [1.29, 1.82) is 0 Å². The predicted molar refractivity (Wildman–Crippen MR) is 184 cm³/mol. The highest BCUT2D eigenvalue weighted by Crippen LogP contribution is 2.20. The van der Waals surface area contributed by atoms with Gasteiger partial charge in [0, 0.05) is 45.9 Å².